The molecule has 2 aliphatic heterocycles. The fraction of sp³-hybridized carbons (Fsp3) is 0.923. The van der Waals surface area contributed by atoms with Crippen LogP contribution in [0.25, 0.3) is 0 Å². The van der Waals surface area contributed by atoms with Crippen molar-refractivity contribution < 1.29 is 4.79 Å². The number of nitrogens with zero attached hydrogens (tertiary/aromatic N) is 1. The lowest BCUT2D eigenvalue weighted by Crippen LogP contribution is -2.42. The topological polar surface area (TPSA) is 32.3 Å². The number of carbonyl (C=O) groups excluding carboxylic acids is 1. The molecule has 106 valence electrons. The first-order valence-corrected chi connectivity index (χ1v) is 7.91. The molecule has 0 radical (unpaired) electrons. The Bertz CT molecular complexity index is 251. The zero-order valence-electron chi connectivity index (χ0n) is 11.2. The van der Waals surface area contributed by atoms with Crippen LogP contribution in [0.15, 0.2) is 0 Å². The highest BCUT2D eigenvalue weighted by atomic mass is 35.5. The molecule has 18 heavy (non-hydrogen) atoms. The van der Waals surface area contributed by atoms with Crippen LogP contribution in [0.4, 0.5) is 0 Å². The SMILES string of the molecule is CNCCC1CCN(C(=O)C2CCCS2)CC1.Cl. The minimum atomic E-state index is 0. The number of thioether (sulfide) groups is 1. The molecule has 0 aromatic rings. The van der Waals surface area contributed by atoms with Gasteiger partial charge in [0, 0.05) is 13.1 Å². The Hall–Kier alpha value is 0.0700. The Morgan fingerprint density at radius 2 is 2.06 bits per heavy atom. The number of amides is 1. The van der Waals surface area contributed by atoms with Crippen molar-refractivity contribution in [1.82, 2.24) is 10.2 Å². The first-order chi connectivity index (χ1) is 8.31. The number of carbonyl (C=O) groups is 1. The van der Waals surface area contributed by atoms with Crippen molar-refractivity contribution in [2.75, 3.05) is 32.4 Å². The van der Waals surface area contributed by atoms with Crippen LogP contribution in [0.1, 0.15) is 32.1 Å². The van der Waals surface area contributed by atoms with Gasteiger partial charge in [-0.1, -0.05) is 0 Å². The van der Waals surface area contributed by atoms with E-state index < -0.39 is 0 Å². The Labute approximate surface area is 121 Å². The molecule has 0 spiro atoms. The zero-order chi connectivity index (χ0) is 12.1. The van der Waals surface area contributed by atoms with Crippen LogP contribution in [0.3, 0.4) is 0 Å². The monoisotopic (exact) mass is 292 g/mol. The summed E-state index contributed by atoms with van der Waals surface area (Å²) in [6, 6.07) is 0. The van der Waals surface area contributed by atoms with Crippen molar-refractivity contribution in [3.05, 3.63) is 0 Å². The Kier molecular flexibility index (Phi) is 7.42. The molecule has 0 bridgehead atoms. The molecule has 2 saturated heterocycles. The fourth-order valence-electron chi connectivity index (χ4n) is 2.77. The van der Waals surface area contributed by atoms with Gasteiger partial charge in [0.05, 0.1) is 5.25 Å². The van der Waals surface area contributed by atoms with Crippen LogP contribution in [0, 0.1) is 5.92 Å². The Balaban J connectivity index is 0.00000162. The molecule has 3 nitrogen and oxygen atoms in total. The van der Waals surface area contributed by atoms with Crippen molar-refractivity contribution in [3.8, 4) is 0 Å². The van der Waals surface area contributed by atoms with E-state index in [9.17, 15) is 4.79 Å². The van der Waals surface area contributed by atoms with E-state index in [2.05, 4.69) is 10.2 Å². The highest BCUT2D eigenvalue weighted by Crippen LogP contribution is 2.29. The third-order valence-corrected chi connectivity index (χ3v) is 5.30. The molecule has 2 heterocycles. The van der Waals surface area contributed by atoms with E-state index in [1.807, 2.05) is 18.8 Å². The van der Waals surface area contributed by atoms with Gasteiger partial charge in [0.15, 0.2) is 0 Å². The van der Waals surface area contributed by atoms with Crippen LogP contribution < -0.4 is 5.32 Å². The Morgan fingerprint density at radius 3 is 2.61 bits per heavy atom. The number of halogens is 1. The molecular weight excluding hydrogens is 268 g/mol. The van der Waals surface area contributed by atoms with Crippen molar-refractivity contribution in [3.63, 3.8) is 0 Å². The van der Waals surface area contributed by atoms with Gasteiger partial charge in [0.2, 0.25) is 5.91 Å². The van der Waals surface area contributed by atoms with Crippen molar-refractivity contribution >= 4 is 30.1 Å². The second-order valence-electron chi connectivity index (χ2n) is 5.16. The molecule has 0 aromatic heterocycles. The molecular formula is C13H25ClN2OS. The molecule has 1 amide bonds. The summed E-state index contributed by atoms with van der Waals surface area (Å²) < 4.78 is 0. The van der Waals surface area contributed by atoms with Gasteiger partial charge in [0.1, 0.15) is 0 Å². The van der Waals surface area contributed by atoms with Crippen LogP contribution in [0.5, 0.6) is 0 Å². The molecule has 5 heteroatoms. The quantitative estimate of drug-likeness (QED) is 0.862. The lowest BCUT2D eigenvalue weighted by atomic mass is 9.93. The standard InChI is InChI=1S/C13H24N2OS.ClH/c1-14-7-4-11-5-8-15(9-6-11)13(16)12-3-2-10-17-12;/h11-12,14H,2-10H2,1H3;1H. The van der Waals surface area contributed by atoms with E-state index in [4.69, 9.17) is 0 Å². The average Bonchev–Trinajstić information content (AvgIpc) is 2.90. The number of hydrogen-bond acceptors (Lipinski definition) is 3. The number of rotatable bonds is 4. The Morgan fingerprint density at radius 1 is 1.33 bits per heavy atom. The largest absolute Gasteiger partial charge is 0.342 e. The minimum Gasteiger partial charge on any atom is -0.342 e. The summed E-state index contributed by atoms with van der Waals surface area (Å²) in [6.45, 7) is 3.09. The maximum atomic E-state index is 12.2. The van der Waals surface area contributed by atoms with Crippen molar-refractivity contribution in [2.24, 2.45) is 5.92 Å². The van der Waals surface area contributed by atoms with Crippen LogP contribution in [-0.2, 0) is 4.79 Å². The summed E-state index contributed by atoms with van der Waals surface area (Å²) >= 11 is 1.86. The van der Waals surface area contributed by atoms with Gasteiger partial charge < -0.3 is 10.2 Å². The lowest BCUT2D eigenvalue weighted by molar-refractivity contribution is -0.132. The summed E-state index contributed by atoms with van der Waals surface area (Å²) in [6.07, 6.45) is 5.98. The fourth-order valence-corrected chi connectivity index (χ4v) is 4.01. The average molecular weight is 293 g/mol. The van der Waals surface area contributed by atoms with E-state index in [1.54, 1.807) is 0 Å². The van der Waals surface area contributed by atoms with E-state index in [0.717, 1.165) is 32.0 Å². The molecule has 0 aromatic carbocycles. The third kappa shape index (κ3) is 4.32. The van der Waals surface area contributed by atoms with Gasteiger partial charge >= 0.3 is 0 Å². The van der Waals surface area contributed by atoms with Gasteiger partial charge in [-0.15, -0.1) is 24.2 Å². The summed E-state index contributed by atoms with van der Waals surface area (Å²) in [5.74, 6) is 2.41. The van der Waals surface area contributed by atoms with Gasteiger partial charge in [-0.3, -0.25) is 4.79 Å². The molecule has 0 aliphatic carbocycles. The van der Waals surface area contributed by atoms with E-state index in [1.165, 1.54) is 31.4 Å². The normalized spacial score (nSPS) is 24.9. The van der Waals surface area contributed by atoms with E-state index in [0.29, 0.717) is 5.91 Å². The predicted molar refractivity (Wildman–Crippen MR) is 80.6 cm³/mol. The first kappa shape index (κ1) is 16.1. The van der Waals surface area contributed by atoms with E-state index in [-0.39, 0.29) is 17.7 Å². The van der Waals surface area contributed by atoms with Gasteiger partial charge in [0.25, 0.3) is 0 Å². The number of piperidine rings is 1. The molecule has 2 fully saturated rings. The lowest BCUT2D eigenvalue weighted by Gasteiger charge is -2.33. The van der Waals surface area contributed by atoms with E-state index >= 15 is 0 Å². The van der Waals surface area contributed by atoms with Gasteiger partial charge in [-0.05, 0) is 57.4 Å². The number of nitrogens with one attached hydrogen (secondary N) is 1. The predicted octanol–water partition coefficient (Wildman–Crippen LogP) is 2.15. The van der Waals surface area contributed by atoms with Crippen LogP contribution in [-0.4, -0.2) is 48.5 Å². The highest BCUT2D eigenvalue weighted by Gasteiger charge is 2.30. The van der Waals surface area contributed by atoms with Crippen LogP contribution in [0.2, 0.25) is 0 Å². The number of likely N-dealkylation sites (tertiary alicyclic amines) is 1. The van der Waals surface area contributed by atoms with Crippen molar-refractivity contribution in [1.29, 1.82) is 0 Å². The molecule has 2 rings (SSSR count). The minimum absolute atomic E-state index is 0. The third-order valence-electron chi connectivity index (χ3n) is 3.93. The maximum Gasteiger partial charge on any atom is 0.235 e. The summed E-state index contributed by atoms with van der Waals surface area (Å²) in [5.41, 5.74) is 0. The first-order valence-electron chi connectivity index (χ1n) is 6.86. The second-order valence-corrected chi connectivity index (χ2v) is 6.47. The number of hydrogen-bond donors (Lipinski definition) is 1. The molecule has 0 saturated carbocycles. The van der Waals surface area contributed by atoms with Gasteiger partial charge in [-0.25, -0.2) is 0 Å². The van der Waals surface area contributed by atoms with Crippen molar-refractivity contribution in [2.45, 2.75) is 37.4 Å². The summed E-state index contributed by atoms with van der Waals surface area (Å²) in [5, 5.41) is 3.49. The zero-order valence-corrected chi connectivity index (χ0v) is 12.8. The molecule has 1 N–H and O–H groups in total. The maximum absolute atomic E-state index is 12.2. The molecule has 2 aliphatic rings. The highest BCUT2D eigenvalue weighted by molar-refractivity contribution is 8.00. The molecule has 1 atom stereocenters. The second kappa shape index (κ2) is 8.28. The van der Waals surface area contributed by atoms with Gasteiger partial charge in [-0.2, -0.15) is 0 Å². The summed E-state index contributed by atoms with van der Waals surface area (Å²) in [4.78, 5) is 14.3. The molecule has 1 unspecified atom stereocenters. The summed E-state index contributed by atoms with van der Waals surface area (Å²) in [7, 11) is 2.01. The van der Waals surface area contributed by atoms with Crippen LogP contribution >= 0.6 is 24.2 Å². The smallest absolute Gasteiger partial charge is 0.235 e.